The van der Waals surface area contributed by atoms with Crippen LogP contribution in [0.2, 0.25) is 0 Å². The molecule has 1 aromatic carbocycles. The molecule has 2 amide bonds. The predicted molar refractivity (Wildman–Crippen MR) is 106 cm³/mol. The molecule has 0 spiro atoms. The summed E-state index contributed by atoms with van der Waals surface area (Å²) in [5.74, 6) is -0.174. The Morgan fingerprint density at radius 3 is 2.50 bits per heavy atom. The lowest BCUT2D eigenvalue weighted by molar-refractivity contribution is -0.384. The summed E-state index contributed by atoms with van der Waals surface area (Å²) in [7, 11) is 0. The van der Waals surface area contributed by atoms with Crippen molar-refractivity contribution in [3.8, 4) is 0 Å². The minimum absolute atomic E-state index is 0.110. The maximum atomic E-state index is 12.3. The normalized spacial score (nSPS) is 11.4. The molecule has 0 fully saturated rings. The zero-order valence-corrected chi connectivity index (χ0v) is 16.0. The molecule has 0 aliphatic carbocycles. The van der Waals surface area contributed by atoms with E-state index in [9.17, 15) is 19.7 Å². The van der Waals surface area contributed by atoms with Crippen molar-refractivity contribution in [2.75, 3.05) is 23.3 Å². The highest BCUT2D eigenvalue weighted by Crippen LogP contribution is 2.15. The Morgan fingerprint density at radius 1 is 1.21 bits per heavy atom. The number of hydrogen-bond acceptors (Lipinski definition) is 6. The first-order valence-corrected chi connectivity index (χ1v) is 8.92. The van der Waals surface area contributed by atoms with Crippen LogP contribution in [0, 0.1) is 10.1 Å². The molecular weight excluding hydrogens is 362 g/mol. The van der Waals surface area contributed by atoms with Crippen LogP contribution in [0.1, 0.15) is 31.1 Å². The number of carbonyl (C=O) groups excluding carboxylic acids is 2. The van der Waals surface area contributed by atoms with Gasteiger partial charge in [0.1, 0.15) is 11.9 Å². The quantitative estimate of drug-likeness (QED) is 0.533. The lowest BCUT2D eigenvalue weighted by atomic mass is 10.1. The first kappa shape index (κ1) is 20.8. The average Bonchev–Trinajstić information content (AvgIpc) is 2.70. The highest BCUT2D eigenvalue weighted by atomic mass is 16.6. The van der Waals surface area contributed by atoms with Gasteiger partial charge < -0.3 is 15.5 Å². The molecule has 9 nitrogen and oxygen atoms in total. The van der Waals surface area contributed by atoms with Crippen LogP contribution in [0.25, 0.3) is 0 Å². The monoisotopic (exact) mass is 385 g/mol. The standard InChI is InChI=1S/C19H23N5O4/c1-4-23(5-2)17-10-9-15(12-20-17)22-18(25)13(3)21-19(26)14-7-6-8-16(11-14)24(27)28/h6-13H,4-5H2,1-3H3,(H,21,26)(H,22,25). The zero-order valence-electron chi connectivity index (χ0n) is 16.0. The fraction of sp³-hybridized carbons (Fsp3) is 0.316. The van der Waals surface area contributed by atoms with Crippen LogP contribution in [0.3, 0.4) is 0 Å². The van der Waals surface area contributed by atoms with Crippen LogP contribution in [0.15, 0.2) is 42.6 Å². The molecule has 1 atom stereocenters. The van der Waals surface area contributed by atoms with E-state index in [-0.39, 0.29) is 11.3 Å². The third-order valence-corrected chi connectivity index (χ3v) is 4.16. The Balaban J connectivity index is 1.98. The van der Waals surface area contributed by atoms with Gasteiger partial charge in [0, 0.05) is 30.8 Å². The smallest absolute Gasteiger partial charge is 0.270 e. The lowest BCUT2D eigenvalue weighted by Crippen LogP contribution is -2.41. The number of hydrogen-bond donors (Lipinski definition) is 2. The number of carbonyl (C=O) groups is 2. The molecule has 28 heavy (non-hydrogen) atoms. The Hall–Kier alpha value is -3.49. The summed E-state index contributed by atoms with van der Waals surface area (Å²) in [6.45, 7) is 7.26. The van der Waals surface area contributed by atoms with Gasteiger partial charge in [-0.05, 0) is 39.0 Å². The first-order chi connectivity index (χ1) is 13.3. The number of nitro groups is 1. The third kappa shape index (κ3) is 5.26. The van der Waals surface area contributed by atoms with Crippen LogP contribution < -0.4 is 15.5 Å². The molecule has 0 radical (unpaired) electrons. The Bertz CT molecular complexity index is 850. The number of rotatable bonds is 8. The van der Waals surface area contributed by atoms with Gasteiger partial charge in [0.2, 0.25) is 5.91 Å². The molecule has 2 N–H and O–H groups in total. The Labute approximate surface area is 162 Å². The topological polar surface area (TPSA) is 117 Å². The van der Waals surface area contributed by atoms with Gasteiger partial charge in [0.15, 0.2) is 0 Å². The van der Waals surface area contributed by atoms with Gasteiger partial charge in [0.25, 0.3) is 11.6 Å². The fourth-order valence-electron chi connectivity index (χ4n) is 2.55. The van der Waals surface area contributed by atoms with Crippen molar-refractivity contribution < 1.29 is 14.5 Å². The van der Waals surface area contributed by atoms with Crippen molar-refractivity contribution in [2.45, 2.75) is 26.8 Å². The summed E-state index contributed by atoms with van der Waals surface area (Å²) < 4.78 is 0. The average molecular weight is 385 g/mol. The highest BCUT2D eigenvalue weighted by molar-refractivity contribution is 6.01. The number of nitro benzene ring substituents is 1. The summed E-state index contributed by atoms with van der Waals surface area (Å²) in [6, 6.07) is 8.04. The second-order valence-electron chi connectivity index (χ2n) is 6.07. The second kappa shape index (κ2) is 9.45. The summed E-state index contributed by atoms with van der Waals surface area (Å²) in [6.07, 6.45) is 1.56. The number of anilines is 2. The molecule has 148 valence electrons. The van der Waals surface area contributed by atoms with Crippen LogP contribution in [-0.2, 0) is 4.79 Å². The van der Waals surface area contributed by atoms with E-state index in [0.717, 1.165) is 25.0 Å². The van der Waals surface area contributed by atoms with Crippen LogP contribution in [0.4, 0.5) is 17.2 Å². The molecule has 0 saturated carbocycles. The first-order valence-electron chi connectivity index (χ1n) is 8.92. The highest BCUT2D eigenvalue weighted by Gasteiger charge is 2.18. The minimum Gasteiger partial charge on any atom is -0.357 e. The number of nitrogens with zero attached hydrogens (tertiary/aromatic N) is 3. The number of aromatic nitrogens is 1. The molecule has 1 heterocycles. The minimum atomic E-state index is -0.839. The molecule has 0 aliphatic rings. The number of nitrogens with one attached hydrogen (secondary N) is 2. The maximum Gasteiger partial charge on any atom is 0.270 e. The van der Waals surface area contributed by atoms with Crippen molar-refractivity contribution in [3.05, 3.63) is 58.3 Å². The molecule has 2 aromatic rings. The molecule has 1 aromatic heterocycles. The van der Waals surface area contributed by atoms with Gasteiger partial charge in [-0.1, -0.05) is 6.07 Å². The van der Waals surface area contributed by atoms with Crippen molar-refractivity contribution in [3.63, 3.8) is 0 Å². The van der Waals surface area contributed by atoms with Crippen LogP contribution >= 0.6 is 0 Å². The number of pyridine rings is 1. The summed E-state index contributed by atoms with van der Waals surface area (Å²) in [5, 5.41) is 16.0. The van der Waals surface area contributed by atoms with E-state index in [4.69, 9.17) is 0 Å². The summed E-state index contributed by atoms with van der Waals surface area (Å²) in [4.78, 5) is 41.2. The van der Waals surface area contributed by atoms with Crippen molar-refractivity contribution in [1.82, 2.24) is 10.3 Å². The molecule has 2 rings (SSSR count). The van der Waals surface area contributed by atoms with Gasteiger partial charge >= 0.3 is 0 Å². The largest absolute Gasteiger partial charge is 0.357 e. The molecule has 9 heteroatoms. The van der Waals surface area contributed by atoms with E-state index in [1.807, 2.05) is 19.9 Å². The molecule has 0 aliphatic heterocycles. The van der Waals surface area contributed by atoms with E-state index in [1.54, 1.807) is 12.3 Å². The second-order valence-corrected chi connectivity index (χ2v) is 6.07. The molecule has 0 saturated heterocycles. The Morgan fingerprint density at radius 2 is 1.93 bits per heavy atom. The van der Waals surface area contributed by atoms with E-state index in [0.29, 0.717) is 5.69 Å². The van der Waals surface area contributed by atoms with Crippen molar-refractivity contribution in [1.29, 1.82) is 0 Å². The van der Waals surface area contributed by atoms with Gasteiger partial charge in [-0.15, -0.1) is 0 Å². The predicted octanol–water partition coefficient (Wildman–Crippen LogP) is 2.59. The van der Waals surface area contributed by atoms with E-state index < -0.39 is 22.8 Å². The molecule has 1 unspecified atom stereocenters. The summed E-state index contributed by atoms with van der Waals surface area (Å²) in [5.41, 5.74) is 0.431. The van der Waals surface area contributed by atoms with E-state index in [1.165, 1.54) is 25.1 Å². The SMILES string of the molecule is CCN(CC)c1ccc(NC(=O)C(C)NC(=O)c2cccc([N+](=O)[O-])c2)cn1. The van der Waals surface area contributed by atoms with Gasteiger partial charge in [-0.3, -0.25) is 19.7 Å². The fourth-order valence-corrected chi connectivity index (χ4v) is 2.55. The Kier molecular flexibility index (Phi) is 7.02. The van der Waals surface area contributed by atoms with E-state index >= 15 is 0 Å². The van der Waals surface area contributed by atoms with Crippen LogP contribution in [0.5, 0.6) is 0 Å². The van der Waals surface area contributed by atoms with Crippen molar-refractivity contribution in [2.24, 2.45) is 0 Å². The van der Waals surface area contributed by atoms with Gasteiger partial charge in [0.05, 0.1) is 16.8 Å². The number of benzene rings is 1. The van der Waals surface area contributed by atoms with E-state index in [2.05, 4.69) is 20.5 Å². The number of amides is 2. The molecular formula is C19H23N5O4. The van der Waals surface area contributed by atoms with Crippen molar-refractivity contribution >= 4 is 29.0 Å². The van der Waals surface area contributed by atoms with Gasteiger partial charge in [-0.25, -0.2) is 4.98 Å². The van der Waals surface area contributed by atoms with Crippen LogP contribution in [-0.4, -0.2) is 40.9 Å². The zero-order chi connectivity index (χ0) is 20.7. The maximum absolute atomic E-state index is 12.3. The third-order valence-electron chi connectivity index (χ3n) is 4.16. The molecule has 0 bridgehead atoms. The van der Waals surface area contributed by atoms with Gasteiger partial charge in [-0.2, -0.15) is 0 Å². The summed E-state index contributed by atoms with van der Waals surface area (Å²) >= 11 is 0. The number of non-ortho nitro benzene ring substituents is 1. The lowest BCUT2D eigenvalue weighted by Gasteiger charge is -2.20.